The summed E-state index contributed by atoms with van der Waals surface area (Å²) in [6, 6.07) is 0.740. The molecule has 0 saturated carbocycles. The predicted octanol–water partition coefficient (Wildman–Crippen LogP) is 3.12. The van der Waals surface area contributed by atoms with Crippen molar-refractivity contribution < 1.29 is 22.7 Å². The van der Waals surface area contributed by atoms with Crippen LogP contribution in [0.1, 0.15) is 19.4 Å². The molecule has 106 valence electrons. The lowest BCUT2D eigenvalue weighted by molar-refractivity contribution is -0.144. The van der Waals surface area contributed by atoms with Crippen molar-refractivity contribution in [1.82, 2.24) is 4.98 Å². The van der Waals surface area contributed by atoms with Crippen molar-refractivity contribution in [1.29, 1.82) is 0 Å². The molecule has 8 heteroatoms. The maximum absolute atomic E-state index is 12.4. The first-order valence-electron chi connectivity index (χ1n) is 5.17. The fourth-order valence-electron chi connectivity index (χ4n) is 1.29. The minimum atomic E-state index is -4.52. The van der Waals surface area contributed by atoms with Gasteiger partial charge in [-0.15, -0.1) is 0 Å². The minimum Gasteiger partial charge on any atom is -0.467 e. The third-order valence-electron chi connectivity index (χ3n) is 2.30. The van der Waals surface area contributed by atoms with Gasteiger partial charge in [-0.2, -0.15) is 13.2 Å². The summed E-state index contributed by atoms with van der Waals surface area (Å²) in [5, 5.41) is 2.40. The van der Waals surface area contributed by atoms with Crippen molar-refractivity contribution in [2.24, 2.45) is 0 Å². The van der Waals surface area contributed by atoms with Crippen LogP contribution in [0.2, 0.25) is 5.02 Å². The number of ether oxygens (including phenoxy) is 1. The molecule has 0 aliphatic rings. The Hall–Kier alpha value is -1.50. The van der Waals surface area contributed by atoms with Crippen LogP contribution in [0.3, 0.4) is 0 Å². The lowest BCUT2D eigenvalue weighted by atomic mass is 10.1. The molecule has 0 atom stereocenters. The average Bonchev–Trinajstić information content (AvgIpc) is 2.29. The quantitative estimate of drug-likeness (QED) is 0.871. The number of esters is 1. The molecule has 0 fully saturated rings. The molecule has 0 unspecified atom stereocenters. The Morgan fingerprint density at radius 1 is 1.42 bits per heavy atom. The number of methoxy groups -OCH3 is 1. The molecule has 4 nitrogen and oxygen atoms in total. The van der Waals surface area contributed by atoms with Crippen LogP contribution in [0, 0.1) is 0 Å². The average molecular weight is 297 g/mol. The number of pyridine rings is 1. The molecule has 1 aromatic rings. The van der Waals surface area contributed by atoms with Crippen molar-refractivity contribution in [3.8, 4) is 0 Å². The van der Waals surface area contributed by atoms with E-state index in [0.29, 0.717) is 6.20 Å². The van der Waals surface area contributed by atoms with E-state index in [4.69, 9.17) is 11.6 Å². The van der Waals surface area contributed by atoms with Gasteiger partial charge < -0.3 is 10.1 Å². The number of aromatic nitrogens is 1. The minimum absolute atomic E-state index is 0.0231. The normalized spacial score (nSPS) is 12.2. The second-order valence-electron chi connectivity index (χ2n) is 4.29. The van der Waals surface area contributed by atoms with Gasteiger partial charge in [0, 0.05) is 6.20 Å². The van der Waals surface area contributed by atoms with Crippen LogP contribution in [0.5, 0.6) is 0 Å². The molecular weight excluding hydrogens is 285 g/mol. The molecule has 0 aromatic carbocycles. The van der Waals surface area contributed by atoms with Crippen molar-refractivity contribution in [2.75, 3.05) is 12.4 Å². The summed E-state index contributed by atoms with van der Waals surface area (Å²) in [4.78, 5) is 15.0. The second kappa shape index (κ2) is 5.24. The number of halogens is 4. The third kappa shape index (κ3) is 3.73. The van der Waals surface area contributed by atoms with E-state index >= 15 is 0 Å². The van der Waals surface area contributed by atoms with Gasteiger partial charge >= 0.3 is 12.1 Å². The molecule has 0 aliphatic carbocycles. The summed E-state index contributed by atoms with van der Waals surface area (Å²) in [7, 11) is 1.20. The van der Waals surface area contributed by atoms with Crippen molar-refractivity contribution in [3.05, 3.63) is 22.8 Å². The monoisotopic (exact) mass is 296 g/mol. The Bertz CT molecular complexity index is 489. The summed E-state index contributed by atoms with van der Waals surface area (Å²) >= 11 is 5.71. The van der Waals surface area contributed by atoms with Gasteiger partial charge in [-0.3, -0.25) is 0 Å². The van der Waals surface area contributed by atoms with Gasteiger partial charge in [0.15, 0.2) is 0 Å². The molecule has 1 rings (SSSR count). The second-order valence-corrected chi connectivity index (χ2v) is 4.70. The number of carbonyl (C=O) groups excluding carboxylic acids is 1. The highest BCUT2D eigenvalue weighted by molar-refractivity contribution is 6.33. The summed E-state index contributed by atoms with van der Waals surface area (Å²) in [5.41, 5.74) is -2.12. The summed E-state index contributed by atoms with van der Waals surface area (Å²) < 4.78 is 41.8. The van der Waals surface area contributed by atoms with Crippen molar-refractivity contribution in [3.63, 3.8) is 0 Å². The van der Waals surface area contributed by atoms with Gasteiger partial charge in [0.2, 0.25) is 0 Å². The zero-order chi connectivity index (χ0) is 14.8. The van der Waals surface area contributed by atoms with Gasteiger partial charge in [0.05, 0.1) is 17.7 Å². The van der Waals surface area contributed by atoms with E-state index in [1.807, 2.05) is 0 Å². The molecular formula is C11H12ClF3N2O2. The number of carbonyl (C=O) groups is 1. The number of nitrogens with zero attached hydrogens (tertiary/aromatic N) is 1. The lowest BCUT2D eigenvalue weighted by Crippen LogP contribution is -2.41. The first kappa shape index (κ1) is 15.6. The van der Waals surface area contributed by atoms with Crippen LogP contribution in [0.25, 0.3) is 0 Å². The van der Waals surface area contributed by atoms with E-state index in [1.165, 1.54) is 21.0 Å². The number of alkyl halides is 3. The number of nitrogens with one attached hydrogen (secondary N) is 1. The highest BCUT2D eigenvalue weighted by Crippen LogP contribution is 2.33. The van der Waals surface area contributed by atoms with E-state index < -0.39 is 23.2 Å². The van der Waals surface area contributed by atoms with Crippen LogP contribution in [0.4, 0.5) is 19.0 Å². The Morgan fingerprint density at radius 3 is 2.42 bits per heavy atom. The molecule has 1 heterocycles. The number of hydrogen-bond donors (Lipinski definition) is 1. The van der Waals surface area contributed by atoms with Crippen LogP contribution >= 0.6 is 11.6 Å². The molecule has 19 heavy (non-hydrogen) atoms. The summed E-state index contributed by atoms with van der Waals surface area (Å²) in [6.45, 7) is 2.99. The number of anilines is 1. The van der Waals surface area contributed by atoms with Gasteiger partial charge in [-0.05, 0) is 19.9 Å². The number of hydrogen-bond acceptors (Lipinski definition) is 4. The Kier molecular flexibility index (Phi) is 4.29. The van der Waals surface area contributed by atoms with Gasteiger partial charge in [0.1, 0.15) is 11.4 Å². The Morgan fingerprint density at radius 2 is 2.00 bits per heavy atom. The smallest absolute Gasteiger partial charge is 0.417 e. The molecule has 1 N–H and O–H groups in total. The zero-order valence-electron chi connectivity index (χ0n) is 10.4. The Labute approximate surface area is 112 Å². The van der Waals surface area contributed by atoms with E-state index in [-0.39, 0.29) is 10.8 Å². The molecule has 0 amide bonds. The van der Waals surface area contributed by atoms with Crippen LogP contribution in [0.15, 0.2) is 12.3 Å². The van der Waals surface area contributed by atoms with Crippen molar-refractivity contribution >= 4 is 23.4 Å². The fourth-order valence-corrected chi connectivity index (χ4v) is 1.50. The largest absolute Gasteiger partial charge is 0.467 e. The van der Waals surface area contributed by atoms with E-state index in [0.717, 1.165) is 6.07 Å². The summed E-state index contributed by atoms with van der Waals surface area (Å²) in [6.07, 6.45) is -3.88. The topological polar surface area (TPSA) is 51.2 Å². The fraction of sp³-hybridized carbons (Fsp3) is 0.455. The molecule has 0 saturated heterocycles. The molecule has 0 aliphatic heterocycles. The molecule has 1 aromatic heterocycles. The van der Waals surface area contributed by atoms with Crippen molar-refractivity contribution in [2.45, 2.75) is 25.6 Å². The third-order valence-corrected chi connectivity index (χ3v) is 2.58. The van der Waals surface area contributed by atoms with Crippen LogP contribution < -0.4 is 5.32 Å². The SMILES string of the molecule is COC(=O)C(C)(C)Nc1ncc(C(F)(F)F)cc1Cl. The van der Waals surface area contributed by atoms with E-state index in [1.54, 1.807) is 0 Å². The predicted molar refractivity (Wildman–Crippen MR) is 64.0 cm³/mol. The first-order valence-corrected chi connectivity index (χ1v) is 5.55. The number of rotatable bonds is 3. The first-order chi connectivity index (χ1) is 8.58. The standard InChI is InChI=1S/C11H12ClF3N2O2/c1-10(2,9(18)19-3)17-8-7(12)4-6(5-16-8)11(13,14)15/h4-5H,1-3H3,(H,16,17). The molecule has 0 radical (unpaired) electrons. The van der Waals surface area contributed by atoms with Gasteiger partial charge in [0.25, 0.3) is 0 Å². The van der Waals surface area contributed by atoms with Crippen LogP contribution in [-0.4, -0.2) is 23.6 Å². The maximum atomic E-state index is 12.4. The lowest BCUT2D eigenvalue weighted by Gasteiger charge is -2.24. The van der Waals surface area contributed by atoms with Crippen LogP contribution in [-0.2, 0) is 15.7 Å². The van der Waals surface area contributed by atoms with E-state index in [9.17, 15) is 18.0 Å². The molecule has 0 spiro atoms. The van der Waals surface area contributed by atoms with E-state index in [2.05, 4.69) is 15.0 Å². The van der Waals surface area contributed by atoms with Gasteiger partial charge in [-0.25, -0.2) is 9.78 Å². The zero-order valence-corrected chi connectivity index (χ0v) is 11.2. The highest BCUT2D eigenvalue weighted by Gasteiger charge is 2.33. The summed E-state index contributed by atoms with van der Waals surface area (Å²) in [5.74, 6) is -0.615. The van der Waals surface area contributed by atoms with Gasteiger partial charge in [-0.1, -0.05) is 11.6 Å². The Balaban J connectivity index is 3.02. The molecule has 0 bridgehead atoms. The highest BCUT2D eigenvalue weighted by atomic mass is 35.5. The maximum Gasteiger partial charge on any atom is 0.417 e.